The van der Waals surface area contributed by atoms with Crippen LogP contribution in [0.1, 0.15) is 48.9 Å². The zero-order valence-corrected chi connectivity index (χ0v) is 18.5. The predicted octanol–water partition coefficient (Wildman–Crippen LogP) is 3.38. The smallest absolute Gasteiger partial charge is 0.231 e. The Morgan fingerprint density at radius 1 is 0.969 bits per heavy atom. The first kappa shape index (κ1) is 20.7. The third-order valence-corrected chi connectivity index (χ3v) is 7.26. The van der Waals surface area contributed by atoms with Crippen LogP contribution < -0.4 is 15.8 Å². The lowest BCUT2D eigenvalue weighted by molar-refractivity contribution is -0.128. The second-order valence-electron chi connectivity index (χ2n) is 8.85. The summed E-state index contributed by atoms with van der Waals surface area (Å²) < 4.78 is 0. The zero-order chi connectivity index (χ0) is 22.1. The molecule has 1 unspecified atom stereocenters. The molecule has 3 nitrogen and oxygen atoms in total. The summed E-state index contributed by atoms with van der Waals surface area (Å²) in [6.45, 7) is 1.99. The van der Waals surface area contributed by atoms with Gasteiger partial charge in [0.05, 0.1) is 18.1 Å². The van der Waals surface area contributed by atoms with Crippen LogP contribution in [0.25, 0.3) is 12.2 Å². The largest absolute Gasteiger partial charge is 0.394 e. The molecule has 32 heavy (non-hydrogen) atoms. The maximum absolute atomic E-state index is 13.9. The van der Waals surface area contributed by atoms with Gasteiger partial charge in [0, 0.05) is 0 Å². The number of rotatable bonds is 5. The fraction of sp³-hybridized carbons (Fsp3) is 0.276. The van der Waals surface area contributed by atoms with E-state index in [1.807, 2.05) is 30.3 Å². The van der Waals surface area contributed by atoms with E-state index < -0.39 is 11.5 Å². The molecular weight excluding hydrogens is 394 g/mol. The summed E-state index contributed by atoms with van der Waals surface area (Å²) in [6, 6.07) is 22.2. The maximum Gasteiger partial charge on any atom is 0.231 e. The molecule has 0 radical (unpaired) electrons. The fourth-order valence-corrected chi connectivity index (χ4v) is 5.55. The van der Waals surface area contributed by atoms with Gasteiger partial charge in [-0.25, -0.2) is 0 Å². The number of aliphatic hydroxyl groups excluding tert-OH is 1. The Hall–Kier alpha value is -3.17. The number of hydrogen-bond acceptors (Lipinski definition) is 2. The zero-order valence-electron chi connectivity index (χ0n) is 18.5. The molecule has 1 amide bonds. The summed E-state index contributed by atoms with van der Waals surface area (Å²) in [7, 11) is 0. The summed E-state index contributed by atoms with van der Waals surface area (Å²) in [5.41, 5.74) is 2.78. The number of aliphatic hydroxyl groups is 1. The monoisotopic (exact) mass is 423 g/mol. The number of amides is 1. The maximum atomic E-state index is 13.9. The SMILES string of the molecule is CCC1(C(=O)N[C@@H](CO)c2ccccc2)CCC=c2ccc3c(c21)CC=c1ccccc1=3. The van der Waals surface area contributed by atoms with Gasteiger partial charge in [0.15, 0.2) is 0 Å². The third kappa shape index (κ3) is 3.28. The fourth-order valence-electron chi connectivity index (χ4n) is 5.55. The third-order valence-electron chi connectivity index (χ3n) is 7.26. The Balaban J connectivity index is 1.67. The molecule has 3 aromatic rings. The van der Waals surface area contributed by atoms with Gasteiger partial charge in [-0.15, -0.1) is 0 Å². The molecule has 2 aliphatic rings. The van der Waals surface area contributed by atoms with Crippen molar-refractivity contribution in [1.82, 2.24) is 5.32 Å². The lowest BCUT2D eigenvalue weighted by Crippen LogP contribution is -2.50. The van der Waals surface area contributed by atoms with Crippen molar-refractivity contribution in [1.29, 1.82) is 0 Å². The molecule has 3 heteroatoms. The van der Waals surface area contributed by atoms with Crippen LogP contribution in [0.3, 0.4) is 0 Å². The Kier molecular flexibility index (Phi) is 5.44. The topological polar surface area (TPSA) is 49.3 Å². The molecular formula is C29H29NO2. The van der Waals surface area contributed by atoms with E-state index in [1.54, 1.807) is 0 Å². The minimum atomic E-state index is -0.599. The van der Waals surface area contributed by atoms with Crippen LogP contribution in [0, 0.1) is 10.4 Å². The number of carbonyl (C=O) groups excluding carboxylic acids is 1. The molecule has 5 rings (SSSR count). The number of carbonyl (C=O) groups is 1. The highest BCUT2D eigenvalue weighted by molar-refractivity contribution is 5.90. The molecule has 0 heterocycles. The van der Waals surface area contributed by atoms with Crippen LogP contribution in [-0.2, 0) is 16.6 Å². The molecule has 2 aliphatic carbocycles. The molecule has 3 aromatic carbocycles. The lowest BCUT2D eigenvalue weighted by Gasteiger charge is -2.38. The van der Waals surface area contributed by atoms with Gasteiger partial charge in [0.1, 0.15) is 0 Å². The quantitative estimate of drug-likeness (QED) is 0.661. The molecule has 0 saturated heterocycles. The van der Waals surface area contributed by atoms with E-state index in [-0.39, 0.29) is 12.5 Å². The molecule has 0 saturated carbocycles. The van der Waals surface area contributed by atoms with Crippen molar-refractivity contribution in [2.24, 2.45) is 0 Å². The lowest BCUT2D eigenvalue weighted by atomic mass is 9.67. The van der Waals surface area contributed by atoms with Gasteiger partial charge in [-0.2, -0.15) is 0 Å². The standard InChI is InChI=1S/C29H29NO2/c1-2-29(28(32)30-26(19-31)21-10-4-3-5-11-21)18-8-12-22-15-16-24-23-13-7-6-9-20(23)14-17-25(24)27(22)29/h3-7,9-16,26,31H,2,8,17-19H2,1H3,(H,30,32)/t26-,29?/m0/s1. The second-order valence-corrected chi connectivity index (χ2v) is 8.85. The Morgan fingerprint density at radius 2 is 1.75 bits per heavy atom. The van der Waals surface area contributed by atoms with Gasteiger partial charge in [-0.1, -0.05) is 85.8 Å². The first-order valence-electron chi connectivity index (χ1n) is 11.6. The van der Waals surface area contributed by atoms with E-state index in [1.165, 1.54) is 32.0 Å². The van der Waals surface area contributed by atoms with Crippen molar-refractivity contribution in [3.63, 3.8) is 0 Å². The van der Waals surface area contributed by atoms with Crippen LogP contribution in [0.2, 0.25) is 0 Å². The van der Waals surface area contributed by atoms with Crippen molar-refractivity contribution >= 4 is 18.1 Å². The van der Waals surface area contributed by atoms with Crippen molar-refractivity contribution in [2.45, 2.75) is 44.1 Å². The highest BCUT2D eigenvalue weighted by atomic mass is 16.3. The number of benzene rings is 3. The molecule has 2 atom stereocenters. The normalized spacial score (nSPS) is 19.4. The van der Waals surface area contributed by atoms with Crippen molar-refractivity contribution in [3.05, 3.63) is 104 Å². The minimum Gasteiger partial charge on any atom is -0.394 e. The van der Waals surface area contributed by atoms with Crippen LogP contribution >= 0.6 is 0 Å². The average Bonchev–Trinajstić information content (AvgIpc) is 2.86. The van der Waals surface area contributed by atoms with Crippen molar-refractivity contribution in [3.8, 4) is 0 Å². The van der Waals surface area contributed by atoms with Crippen LogP contribution in [0.15, 0.2) is 66.7 Å². The van der Waals surface area contributed by atoms with Gasteiger partial charge < -0.3 is 10.4 Å². The number of nitrogens with one attached hydrogen (secondary N) is 1. The van der Waals surface area contributed by atoms with Gasteiger partial charge in [0.25, 0.3) is 0 Å². The second kappa shape index (κ2) is 8.40. The Morgan fingerprint density at radius 3 is 2.53 bits per heavy atom. The Bertz CT molecular complexity index is 1380. The molecule has 0 fully saturated rings. The summed E-state index contributed by atoms with van der Waals surface area (Å²) in [4.78, 5) is 13.9. The summed E-state index contributed by atoms with van der Waals surface area (Å²) >= 11 is 0. The van der Waals surface area contributed by atoms with Gasteiger partial charge in [0.2, 0.25) is 5.91 Å². The van der Waals surface area contributed by atoms with Crippen molar-refractivity contribution < 1.29 is 9.90 Å². The molecule has 162 valence electrons. The van der Waals surface area contributed by atoms with Crippen molar-refractivity contribution in [2.75, 3.05) is 6.61 Å². The molecule has 0 aliphatic heterocycles. The van der Waals surface area contributed by atoms with E-state index in [4.69, 9.17) is 0 Å². The van der Waals surface area contributed by atoms with E-state index >= 15 is 0 Å². The first-order valence-corrected chi connectivity index (χ1v) is 11.6. The first-order chi connectivity index (χ1) is 15.7. The summed E-state index contributed by atoms with van der Waals surface area (Å²) in [5, 5.41) is 18.2. The molecule has 2 N–H and O–H groups in total. The number of hydrogen-bond donors (Lipinski definition) is 2. The predicted molar refractivity (Wildman–Crippen MR) is 128 cm³/mol. The molecule has 0 bridgehead atoms. The van der Waals surface area contributed by atoms with Gasteiger partial charge in [-0.3, -0.25) is 4.79 Å². The van der Waals surface area contributed by atoms with Crippen LogP contribution in [0.4, 0.5) is 0 Å². The highest BCUT2D eigenvalue weighted by Gasteiger charge is 2.42. The molecule has 0 aromatic heterocycles. The van der Waals surface area contributed by atoms with E-state index in [9.17, 15) is 9.90 Å². The van der Waals surface area contributed by atoms with Crippen LogP contribution in [0.5, 0.6) is 0 Å². The average molecular weight is 424 g/mol. The van der Waals surface area contributed by atoms with E-state index in [0.717, 1.165) is 31.2 Å². The summed E-state index contributed by atoms with van der Waals surface area (Å²) in [6.07, 6.45) is 7.78. The highest BCUT2D eigenvalue weighted by Crippen LogP contribution is 2.38. The van der Waals surface area contributed by atoms with Crippen LogP contribution in [-0.4, -0.2) is 17.6 Å². The minimum absolute atomic E-state index is 0.0181. The van der Waals surface area contributed by atoms with Gasteiger partial charge in [-0.05, 0) is 63.2 Å². The number of fused-ring (bicyclic) bond motifs is 4. The summed E-state index contributed by atoms with van der Waals surface area (Å²) in [5.74, 6) is 0.0181. The van der Waals surface area contributed by atoms with E-state index in [0.29, 0.717) is 0 Å². The van der Waals surface area contributed by atoms with Gasteiger partial charge >= 0.3 is 0 Å². The van der Waals surface area contributed by atoms with E-state index in [2.05, 4.69) is 60.8 Å². The molecule has 0 spiro atoms. The Labute approximate surface area is 188 Å².